The number of carbonyl (C=O) groups excluding carboxylic acids is 1. The van der Waals surface area contributed by atoms with E-state index in [1.165, 1.54) is 6.42 Å². The summed E-state index contributed by atoms with van der Waals surface area (Å²) in [5.74, 6) is 0.760. The third-order valence-corrected chi connectivity index (χ3v) is 6.21. The first-order valence-corrected chi connectivity index (χ1v) is 11.0. The molecule has 156 valence electrons. The van der Waals surface area contributed by atoms with Crippen molar-refractivity contribution in [2.45, 2.75) is 39.3 Å². The van der Waals surface area contributed by atoms with E-state index in [0.717, 1.165) is 43.9 Å². The van der Waals surface area contributed by atoms with E-state index in [2.05, 4.69) is 53.2 Å². The van der Waals surface area contributed by atoms with Crippen LogP contribution in [0.2, 0.25) is 0 Å². The fourth-order valence-electron chi connectivity index (χ4n) is 4.29. The quantitative estimate of drug-likeness (QED) is 0.701. The minimum absolute atomic E-state index is 0.103. The zero-order chi connectivity index (χ0) is 20.6. The van der Waals surface area contributed by atoms with E-state index in [0.29, 0.717) is 5.92 Å². The van der Waals surface area contributed by atoms with Crippen LogP contribution in [0.15, 0.2) is 60.7 Å². The van der Waals surface area contributed by atoms with Gasteiger partial charge in [-0.2, -0.15) is 0 Å². The molecule has 1 N–H and O–H groups in total. The van der Waals surface area contributed by atoms with E-state index < -0.39 is 0 Å². The molecule has 2 aromatic rings. The molecule has 0 aliphatic carbocycles. The van der Waals surface area contributed by atoms with E-state index >= 15 is 0 Å². The van der Waals surface area contributed by atoms with E-state index in [9.17, 15) is 4.79 Å². The van der Waals surface area contributed by atoms with Gasteiger partial charge >= 0.3 is 0 Å². The van der Waals surface area contributed by atoms with E-state index in [-0.39, 0.29) is 18.0 Å². The smallest absolute Gasteiger partial charge is 0.237 e. The van der Waals surface area contributed by atoms with Gasteiger partial charge in [-0.1, -0.05) is 74.5 Å². The maximum absolute atomic E-state index is 13.2. The summed E-state index contributed by atoms with van der Waals surface area (Å²) < 4.78 is 0. The number of hydrogen-bond donors (Lipinski definition) is 1. The number of likely N-dealkylation sites (tertiary alicyclic amines) is 1. The number of rotatable bonds is 9. The molecule has 0 unspecified atom stereocenters. The third-order valence-electron chi connectivity index (χ3n) is 6.21. The second kappa shape index (κ2) is 10.6. The molecule has 4 heteroatoms. The Bertz CT molecular complexity index is 706. The monoisotopic (exact) mass is 393 g/mol. The van der Waals surface area contributed by atoms with Gasteiger partial charge in [0.05, 0.1) is 12.1 Å². The molecule has 4 nitrogen and oxygen atoms in total. The molecular weight excluding hydrogens is 358 g/mol. The van der Waals surface area contributed by atoms with Crippen molar-refractivity contribution in [3.8, 4) is 0 Å². The Kier molecular flexibility index (Phi) is 7.84. The van der Waals surface area contributed by atoms with Gasteiger partial charge in [-0.25, -0.2) is 0 Å². The van der Waals surface area contributed by atoms with Gasteiger partial charge in [0.15, 0.2) is 0 Å². The van der Waals surface area contributed by atoms with Crippen LogP contribution in [-0.2, 0) is 4.79 Å². The summed E-state index contributed by atoms with van der Waals surface area (Å²) in [7, 11) is 0. The Morgan fingerprint density at radius 3 is 2.10 bits per heavy atom. The molecule has 1 fully saturated rings. The van der Waals surface area contributed by atoms with Gasteiger partial charge in [0.1, 0.15) is 0 Å². The van der Waals surface area contributed by atoms with Crippen molar-refractivity contribution in [3.05, 3.63) is 71.8 Å². The average molecular weight is 394 g/mol. The molecule has 1 aliphatic heterocycles. The van der Waals surface area contributed by atoms with Gasteiger partial charge in [0, 0.05) is 13.1 Å². The lowest BCUT2D eigenvalue weighted by Gasteiger charge is -2.28. The molecule has 0 radical (unpaired) electrons. The van der Waals surface area contributed by atoms with E-state index in [1.54, 1.807) is 0 Å². The predicted octanol–water partition coefficient (Wildman–Crippen LogP) is 3.94. The standard InChI is InChI=1S/C25H35N3O/c1-4-27(5-2)18-21-16-17-28(19-21)20(3)25(29)26-24(22-12-8-6-9-13-22)23-14-10-7-11-15-23/h6-15,20-21,24H,4-5,16-19H2,1-3H3,(H,26,29)/t20-,21-/m0/s1. The van der Waals surface area contributed by atoms with Gasteiger partial charge in [0.2, 0.25) is 5.91 Å². The summed E-state index contributed by atoms with van der Waals surface area (Å²) in [6, 6.07) is 20.2. The molecule has 2 aromatic carbocycles. The Morgan fingerprint density at radius 1 is 1.03 bits per heavy atom. The van der Waals surface area contributed by atoms with Crippen LogP contribution in [0.4, 0.5) is 0 Å². The van der Waals surface area contributed by atoms with Gasteiger partial charge in [-0.15, -0.1) is 0 Å². The van der Waals surface area contributed by atoms with Crippen molar-refractivity contribution >= 4 is 5.91 Å². The molecule has 0 bridgehead atoms. The van der Waals surface area contributed by atoms with Crippen molar-refractivity contribution in [1.82, 2.24) is 15.1 Å². The van der Waals surface area contributed by atoms with Gasteiger partial charge in [0.25, 0.3) is 0 Å². The third kappa shape index (κ3) is 5.68. The lowest BCUT2D eigenvalue weighted by Crippen LogP contribution is -2.45. The Balaban J connectivity index is 1.65. The number of nitrogens with zero attached hydrogens (tertiary/aromatic N) is 2. The first kappa shape index (κ1) is 21.5. The normalized spacial score (nSPS) is 18.3. The van der Waals surface area contributed by atoms with Crippen molar-refractivity contribution in [2.24, 2.45) is 5.92 Å². The fraction of sp³-hybridized carbons (Fsp3) is 0.480. The molecule has 0 aromatic heterocycles. The SMILES string of the molecule is CCN(CC)C[C@@H]1CCN([C@@H](C)C(=O)NC(c2ccccc2)c2ccccc2)C1. The molecule has 1 amide bonds. The zero-order valence-electron chi connectivity index (χ0n) is 18.1. The van der Waals surface area contributed by atoms with Crippen LogP contribution in [0.3, 0.4) is 0 Å². The lowest BCUT2D eigenvalue weighted by molar-refractivity contribution is -0.126. The van der Waals surface area contributed by atoms with E-state index in [1.807, 2.05) is 43.3 Å². The van der Waals surface area contributed by atoms with Crippen molar-refractivity contribution in [2.75, 3.05) is 32.7 Å². The topological polar surface area (TPSA) is 35.6 Å². The highest BCUT2D eigenvalue weighted by Crippen LogP contribution is 2.24. The van der Waals surface area contributed by atoms with Crippen molar-refractivity contribution in [1.29, 1.82) is 0 Å². The minimum atomic E-state index is -0.124. The molecule has 3 rings (SSSR count). The average Bonchev–Trinajstić information content (AvgIpc) is 3.24. The van der Waals surface area contributed by atoms with Crippen molar-refractivity contribution in [3.63, 3.8) is 0 Å². The maximum Gasteiger partial charge on any atom is 0.237 e. The first-order valence-electron chi connectivity index (χ1n) is 11.0. The Hall–Kier alpha value is -2.17. The number of carbonyl (C=O) groups is 1. The number of nitrogens with one attached hydrogen (secondary N) is 1. The van der Waals surface area contributed by atoms with Gasteiger partial charge in [-0.3, -0.25) is 9.69 Å². The Labute approximate surface area is 175 Å². The summed E-state index contributed by atoms with van der Waals surface area (Å²) in [6.45, 7) is 11.8. The van der Waals surface area contributed by atoms with Crippen LogP contribution in [-0.4, -0.2) is 54.5 Å². The summed E-state index contributed by atoms with van der Waals surface area (Å²) in [5, 5.41) is 3.31. The molecule has 1 saturated heterocycles. The van der Waals surface area contributed by atoms with Crippen LogP contribution in [0.1, 0.15) is 44.4 Å². The summed E-state index contributed by atoms with van der Waals surface area (Å²) in [5.41, 5.74) is 2.22. The van der Waals surface area contributed by atoms with Crippen LogP contribution in [0, 0.1) is 5.92 Å². The predicted molar refractivity (Wildman–Crippen MR) is 120 cm³/mol. The molecule has 0 spiro atoms. The van der Waals surface area contributed by atoms with Crippen LogP contribution >= 0.6 is 0 Å². The number of hydrogen-bond acceptors (Lipinski definition) is 3. The highest BCUT2D eigenvalue weighted by atomic mass is 16.2. The molecular formula is C25H35N3O. The van der Waals surface area contributed by atoms with Crippen molar-refractivity contribution < 1.29 is 4.79 Å². The summed E-state index contributed by atoms with van der Waals surface area (Å²) in [6.07, 6.45) is 1.18. The highest BCUT2D eigenvalue weighted by Gasteiger charge is 2.31. The number of amides is 1. The fourth-order valence-corrected chi connectivity index (χ4v) is 4.29. The van der Waals surface area contributed by atoms with Crippen LogP contribution in [0.5, 0.6) is 0 Å². The van der Waals surface area contributed by atoms with Crippen LogP contribution < -0.4 is 5.32 Å². The molecule has 0 saturated carbocycles. The van der Waals surface area contributed by atoms with Crippen LogP contribution in [0.25, 0.3) is 0 Å². The number of benzene rings is 2. The lowest BCUT2D eigenvalue weighted by atomic mass is 9.98. The second-order valence-electron chi connectivity index (χ2n) is 8.07. The zero-order valence-corrected chi connectivity index (χ0v) is 18.1. The summed E-state index contributed by atoms with van der Waals surface area (Å²) in [4.78, 5) is 18.0. The molecule has 2 atom stereocenters. The van der Waals surface area contributed by atoms with E-state index in [4.69, 9.17) is 0 Å². The maximum atomic E-state index is 13.2. The first-order chi connectivity index (χ1) is 14.1. The molecule has 1 aliphatic rings. The van der Waals surface area contributed by atoms with Gasteiger partial charge in [-0.05, 0) is 50.0 Å². The largest absolute Gasteiger partial charge is 0.344 e. The highest BCUT2D eigenvalue weighted by molar-refractivity contribution is 5.82. The Morgan fingerprint density at radius 2 is 1.59 bits per heavy atom. The molecule has 29 heavy (non-hydrogen) atoms. The second-order valence-corrected chi connectivity index (χ2v) is 8.07. The van der Waals surface area contributed by atoms with Gasteiger partial charge < -0.3 is 10.2 Å². The summed E-state index contributed by atoms with van der Waals surface area (Å²) >= 11 is 0. The molecule has 1 heterocycles. The minimum Gasteiger partial charge on any atom is -0.344 e.